The van der Waals surface area contributed by atoms with Gasteiger partial charge in [-0.05, 0) is 28.1 Å². The van der Waals surface area contributed by atoms with Gasteiger partial charge in [-0.25, -0.2) is 23.1 Å². The lowest BCUT2D eigenvalue weighted by molar-refractivity contribution is 0.449. The second-order valence-electron chi connectivity index (χ2n) is 3.27. The number of rotatable bonds is 2. The van der Waals surface area contributed by atoms with Gasteiger partial charge >= 0.3 is 0 Å². The van der Waals surface area contributed by atoms with Crippen LogP contribution in [0.15, 0.2) is 22.9 Å². The first-order chi connectivity index (χ1) is 8.50. The van der Waals surface area contributed by atoms with Crippen molar-refractivity contribution >= 4 is 33.3 Å². The molecule has 0 radical (unpaired) electrons. The average molecular weight is 319 g/mol. The molecule has 0 saturated carbocycles. The van der Waals surface area contributed by atoms with Gasteiger partial charge in [0.1, 0.15) is 22.4 Å². The first kappa shape index (κ1) is 12.6. The predicted octanol–water partition coefficient (Wildman–Crippen LogP) is 2.98. The van der Waals surface area contributed by atoms with Crippen LogP contribution < -0.4 is 11.1 Å². The van der Waals surface area contributed by atoms with Crippen LogP contribution in [0.4, 0.5) is 30.5 Å². The number of hydrogen-bond acceptors (Lipinski definition) is 4. The van der Waals surface area contributed by atoms with Crippen molar-refractivity contribution in [3.8, 4) is 0 Å². The maximum atomic E-state index is 13.4. The van der Waals surface area contributed by atoms with Crippen LogP contribution in [-0.4, -0.2) is 9.97 Å². The van der Waals surface area contributed by atoms with Crippen LogP contribution in [0, 0.1) is 17.5 Å². The second-order valence-corrected chi connectivity index (χ2v) is 4.06. The fourth-order valence-electron chi connectivity index (χ4n) is 1.22. The smallest absolute Gasteiger partial charge is 0.196 e. The maximum Gasteiger partial charge on any atom is 0.196 e. The highest BCUT2D eigenvalue weighted by atomic mass is 79.9. The number of nitrogens with two attached hydrogens (primary N) is 1. The fourth-order valence-corrected chi connectivity index (χ4v) is 1.52. The van der Waals surface area contributed by atoms with Gasteiger partial charge in [0.25, 0.3) is 0 Å². The molecule has 2 aromatic rings. The molecule has 0 unspecified atom stereocenters. The van der Waals surface area contributed by atoms with Gasteiger partial charge in [-0.15, -0.1) is 0 Å². The third kappa shape index (κ3) is 2.23. The molecule has 8 heteroatoms. The van der Waals surface area contributed by atoms with E-state index < -0.39 is 17.5 Å². The Morgan fingerprint density at radius 3 is 2.56 bits per heavy atom. The van der Waals surface area contributed by atoms with Crippen LogP contribution >= 0.6 is 15.9 Å². The lowest BCUT2D eigenvalue weighted by Gasteiger charge is -2.09. The van der Waals surface area contributed by atoms with Gasteiger partial charge in [-0.3, -0.25) is 0 Å². The Hall–Kier alpha value is -1.83. The van der Waals surface area contributed by atoms with E-state index in [0.29, 0.717) is 4.47 Å². The van der Waals surface area contributed by atoms with E-state index in [1.807, 2.05) is 0 Å². The van der Waals surface area contributed by atoms with Gasteiger partial charge in [-0.2, -0.15) is 0 Å². The number of anilines is 3. The van der Waals surface area contributed by atoms with Crippen molar-refractivity contribution in [3.05, 3.63) is 40.4 Å². The van der Waals surface area contributed by atoms with Gasteiger partial charge in [0.05, 0.1) is 5.69 Å². The first-order valence-electron chi connectivity index (χ1n) is 4.67. The zero-order valence-corrected chi connectivity index (χ0v) is 10.3. The predicted molar refractivity (Wildman–Crippen MR) is 63.7 cm³/mol. The van der Waals surface area contributed by atoms with Crippen LogP contribution in [-0.2, 0) is 0 Å². The fraction of sp³-hybridized carbons (Fsp3) is 0. The third-order valence-electron chi connectivity index (χ3n) is 2.10. The highest BCUT2D eigenvalue weighted by Gasteiger charge is 2.15. The summed E-state index contributed by atoms with van der Waals surface area (Å²) in [4.78, 5) is 7.48. The van der Waals surface area contributed by atoms with Gasteiger partial charge in [0, 0.05) is 0 Å². The van der Waals surface area contributed by atoms with E-state index in [4.69, 9.17) is 5.73 Å². The molecule has 0 aliphatic carbocycles. The van der Waals surface area contributed by atoms with E-state index in [0.717, 1.165) is 18.5 Å². The molecule has 94 valence electrons. The highest BCUT2D eigenvalue weighted by molar-refractivity contribution is 9.10. The zero-order valence-electron chi connectivity index (χ0n) is 8.72. The monoisotopic (exact) mass is 318 g/mol. The Morgan fingerprint density at radius 1 is 1.11 bits per heavy atom. The van der Waals surface area contributed by atoms with Crippen molar-refractivity contribution in [2.45, 2.75) is 0 Å². The Labute approximate surface area is 108 Å². The minimum atomic E-state index is -1.56. The summed E-state index contributed by atoms with van der Waals surface area (Å²) in [5, 5.41) is 2.49. The molecule has 2 rings (SSSR count). The molecular weight excluding hydrogens is 313 g/mol. The molecule has 0 aliphatic rings. The minimum absolute atomic E-state index is 0.135. The van der Waals surface area contributed by atoms with Crippen LogP contribution in [0.25, 0.3) is 0 Å². The van der Waals surface area contributed by atoms with E-state index >= 15 is 0 Å². The molecule has 0 saturated heterocycles. The number of halogens is 4. The molecule has 1 aromatic heterocycles. The number of nitrogen functional groups attached to an aromatic ring is 1. The maximum absolute atomic E-state index is 13.4. The van der Waals surface area contributed by atoms with Crippen LogP contribution in [0.2, 0.25) is 0 Å². The molecule has 18 heavy (non-hydrogen) atoms. The summed E-state index contributed by atoms with van der Waals surface area (Å²) in [7, 11) is 0. The van der Waals surface area contributed by atoms with Gasteiger partial charge in [-0.1, -0.05) is 0 Å². The Balaban J connectivity index is 2.41. The van der Waals surface area contributed by atoms with Crippen molar-refractivity contribution in [2.24, 2.45) is 0 Å². The quantitative estimate of drug-likeness (QED) is 0.835. The molecule has 0 atom stereocenters. The average Bonchev–Trinajstić information content (AvgIpc) is 2.35. The van der Waals surface area contributed by atoms with E-state index in [1.54, 1.807) is 0 Å². The Bertz CT molecular complexity index is 606. The van der Waals surface area contributed by atoms with E-state index in [-0.39, 0.29) is 17.3 Å². The normalized spacial score (nSPS) is 10.4. The summed E-state index contributed by atoms with van der Waals surface area (Å²) < 4.78 is 39.5. The van der Waals surface area contributed by atoms with Crippen LogP contribution in [0.1, 0.15) is 0 Å². The SMILES string of the molecule is Nc1ncnc(Nc2ccc(F)c(F)c2F)c1Br. The van der Waals surface area contributed by atoms with Crippen LogP contribution in [0.5, 0.6) is 0 Å². The van der Waals surface area contributed by atoms with E-state index in [1.165, 1.54) is 0 Å². The standard InChI is InChI=1S/C10H6BrF3N4/c11-6-9(15)16-3-17-10(6)18-5-2-1-4(12)7(13)8(5)14/h1-3H,(H3,15,16,17,18). The minimum Gasteiger partial charge on any atom is -0.383 e. The zero-order chi connectivity index (χ0) is 13.3. The molecule has 0 fully saturated rings. The molecular formula is C10H6BrF3N4. The summed E-state index contributed by atoms with van der Waals surface area (Å²) in [6, 6.07) is 1.86. The molecule has 0 spiro atoms. The summed E-state index contributed by atoms with van der Waals surface area (Å²) in [5.74, 6) is -3.88. The number of aromatic nitrogens is 2. The largest absolute Gasteiger partial charge is 0.383 e. The number of hydrogen-bond donors (Lipinski definition) is 2. The summed E-state index contributed by atoms with van der Waals surface area (Å²) in [6.45, 7) is 0. The van der Waals surface area contributed by atoms with Crippen molar-refractivity contribution in [1.82, 2.24) is 9.97 Å². The van der Waals surface area contributed by atoms with Crippen LogP contribution in [0.3, 0.4) is 0 Å². The van der Waals surface area contributed by atoms with Crippen molar-refractivity contribution in [2.75, 3.05) is 11.1 Å². The lowest BCUT2D eigenvalue weighted by Crippen LogP contribution is -2.03. The summed E-state index contributed by atoms with van der Waals surface area (Å²) in [5.41, 5.74) is 5.24. The van der Waals surface area contributed by atoms with Crippen molar-refractivity contribution in [1.29, 1.82) is 0 Å². The van der Waals surface area contributed by atoms with Crippen molar-refractivity contribution in [3.63, 3.8) is 0 Å². The van der Waals surface area contributed by atoms with E-state index in [9.17, 15) is 13.2 Å². The topological polar surface area (TPSA) is 63.8 Å². The Morgan fingerprint density at radius 2 is 1.83 bits per heavy atom. The summed E-state index contributed by atoms with van der Waals surface area (Å²) >= 11 is 3.09. The van der Waals surface area contributed by atoms with Gasteiger partial charge in [0.2, 0.25) is 0 Å². The molecule has 1 heterocycles. The summed E-state index contributed by atoms with van der Waals surface area (Å²) in [6.07, 6.45) is 1.15. The third-order valence-corrected chi connectivity index (χ3v) is 2.89. The Kier molecular flexibility index (Phi) is 3.37. The molecule has 0 bridgehead atoms. The second kappa shape index (κ2) is 4.81. The molecule has 1 aromatic carbocycles. The highest BCUT2D eigenvalue weighted by Crippen LogP contribution is 2.29. The van der Waals surface area contributed by atoms with Gasteiger partial charge < -0.3 is 11.1 Å². The van der Waals surface area contributed by atoms with Gasteiger partial charge in [0.15, 0.2) is 17.5 Å². The number of nitrogens with zero attached hydrogens (tertiary/aromatic N) is 2. The van der Waals surface area contributed by atoms with E-state index in [2.05, 4.69) is 31.2 Å². The molecule has 0 aliphatic heterocycles. The van der Waals surface area contributed by atoms with Crippen molar-refractivity contribution < 1.29 is 13.2 Å². The molecule has 0 amide bonds. The first-order valence-corrected chi connectivity index (χ1v) is 5.46. The number of nitrogens with one attached hydrogen (secondary N) is 1. The molecule has 3 N–H and O–H groups in total. The number of benzene rings is 1. The molecule has 4 nitrogen and oxygen atoms in total. The lowest BCUT2D eigenvalue weighted by atomic mass is 10.3.